The molecule has 0 radical (unpaired) electrons. The number of anilines is 1. The van der Waals surface area contributed by atoms with Crippen LogP contribution in [0.5, 0.6) is 0 Å². The summed E-state index contributed by atoms with van der Waals surface area (Å²) < 4.78 is 7.61. The average molecular weight is 487 g/mol. The molecule has 188 valence electrons. The van der Waals surface area contributed by atoms with Gasteiger partial charge in [-0.3, -0.25) is 4.79 Å². The van der Waals surface area contributed by atoms with E-state index in [9.17, 15) is 10.1 Å². The first-order chi connectivity index (χ1) is 17.6. The molecular weight excluding hydrogens is 452 g/mol. The van der Waals surface area contributed by atoms with E-state index < -0.39 is 0 Å². The van der Waals surface area contributed by atoms with Crippen LogP contribution in [0.1, 0.15) is 36.6 Å². The zero-order chi connectivity index (χ0) is 25.1. The molecule has 2 fully saturated rings. The first kappa shape index (κ1) is 24.3. The Balaban J connectivity index is 1.32. The van der Waals surface area contributed by atoms with Gasteiger partial charge < -0.3 is 24.8 Å². The fraction of sp³-hybridized carbons (Fsp3) is 0.464. The van der Waals surface area contributed by atoms with Crippen LogP contribution < -0.4 is 10.6 Å². The minimum atomic E-state index is -0.255. The maximum Gasteiger partial charge on any atom is 0.229 e. The van der Waals surface area contributed by atoms with E-state index >= 15 is 0 Å². The number of amides is 1. The van der Waals surface area contributed by atoms with Crippen molar-refractivity contribution in [2.75, 3.05) is 44.8 Å². The second kappa shape index (κ2) is 10.7. The number of hydrogen-bond donors (Lipinski definition) is 1. The molecule has 3 aromatic rings. The smallest absolute Gasteiger partial charge is 0.229 e. The summed E-state index contributed by atoms with van der Waals surface area (Å²) >= 11 is 0. The van der Waals surface area contributed by atoms with Crippen molar-refractivity contribution in [3.63, 3.8) is 0 Å². The van der Waals surface area contributed by atoms with Crippen LogP contribution in [0.25, 0.3) is 11.0 Å². The number of likely N-dealkylation sites (tertiary alicyclic amines) is 1. The number of aryl methyl sites for hydroxylation is 1. The maximum absolute atomic E-state index is 13.7. The Morgan fingerprint density at radius 3 is 2.89 bits per heavy atom. The van der Waals surface area contributed by atoms with Crippen LogP contribution in [0.2, 0.25) is 0 Å². The van der Waals surface area contributed by atoms with Crippen molar-refractivity contribution in [1.29, 1.82) is 5.26 Å². The average Bonchev–Trinajstić information content (AvgIpc) is 3.49. The lowest BCUT2D eigenvalue weighted by molar-refractivity contribution is -0.136. The largest absolute Gasteiger partial charge is 0.385 e. The highest BCUT2D eigenvalue weighted by molar-refractivity contribution is 5.81. The number of piperidine rings is 1. The zero-order valence-electron chi connectivity index (χ0n) is 20.8. The molecule has 8 nitrogen and oxygen atoms in total. The van der Waals surface area contributed by atoms with Crippen molar-refractivity contribution >= 4 is 22.6 Å². The van der Waals surface area contributed by atoms with Crippen molar-refractivity contribution in [3.05, 3.63) is 59.9 Å². The van der Waals surface area contributed by atoms with E-state index in [-0.39, 0.29) is 23.8 Å². The van der Waals surface area contributed by atoms with Gasteiger partial charge in [-0.15, -0.1) is 0 Å². The van der Waals surface area contributed by atoms with Crippen LogP contribution >= 0.6 is 0 Å². The number of carbonyl (C=O) groups excluding carboxylic acids is 1. The van der Waals surface area contributed by atoms with Crippen LogP contribution in [0, 0.1) is 17.2 Å². The molecule has 3 heterocycles. The van der Waals surface area contributed by atoms with Crippen LogP contribution in [-0.4, -0.2) is 66.3 Å². The van der Waals surface area contributed by atoms with Gasteiger partial charge in [-0.05, 0) is 49.6 Å². The van der Waals surface area contributed by atoms with E-state index in [1.54, 1.807) is 13.2 Å². The molecule has 36 heavy (non-hydrogen) atoms. The number of benzene rings is 2. The number of para-hydroxylation sites is 2. The third-order valence-electron chi connectivity index (χ3n) is 7.54. The second-order valence-electron chi connectivity index (χ2n) is 9.92. The molecule has 0 saturated carbocycles. The third-order valence-corrected chi connectivity index (χ3v) is 7.54. The number of aromatic nitrogens is 2. The Hall–Kier alpha value is -3.41. The third kappa shape index (κ3) is 4.81. The van der Waals surface area contributed by atoms with Gasteiger partial charge in [0.05, 0.1) is 28.6 Å². The van der Waals surface area contributed by atoms with Crippen molar-refractivity contribution < 1.29 is 9.53 Å². The fourth-order valence-electron chi connectivity index (χ4n) is 5.70. The van der Waals surface area contributed by atoms with E-state index in [1.165, 1.54) is 0 Å². The molecular formula is C28H34N6O2. The maximum atomic E-state index is 13.7. The molecule has 1 amide bonds. The summed E-state index contributed by atoms with van der Waals surface area (Å²) in [4.78, 5) is 22.8. The Morgan fingerprint density at radius 1 is 1.19 bits per heavy atom. The number of nitrogens with two attached hydrogens (primary N) is 1. The SMILES string of the molecule is COCCCn1c(C2CCCN(C(=O)[C@@H]3CN(c4cccc(C#N)c4)C[C@H]3N)C2)nc2ccccc21. The molecule has 5 rings (SSSR count). The molecule has 0 aliphatic carbocycles. The van der Waals surface area contributed by atoms with Crippen LogP contribution in [0.4, 0.5) is 5.69 Å². The number of nitriles is 1. The van der Waals surface area contributed by atoms with E-state index in [4.69, 9.17) is 15.5 Å². The number of carbonyl (C=O) groups is 1. The van der Waals surface area contributed by atoms with Gasteiger partial charge >= 0.3 is 0 Å². The zero-order valence-corrected chi connectivity index (χ0v) is 20.8. The van der Waals surface area contributed by atoms with Gasteiger partial charge in [0.2, 0.25) is 5.91 Å². The van der Waals surface area contributed by atoms with Gasteiger partial charge in [0.1, 0.15) is 5.82 Å². The number of imidazole rings is 1. The van der Waals surface area contributed by atoms with E-state index in [0.29, 0.717) is 31.8 Å². The minimum Gasteiger partial charge on any atom is -0.385 e. The molecule has 1 aromatic heterocycles. The Kier molecular flexibility index (Phi) is 7.21. The van der Waals surface area contributed by atoms with Crippen LogP contribution in [-0.2, 0) is 16.1 Å². The predicted molar refractivity (Wildman–Crippen MR) is 140 cm³/mol. The van der Waals surface area contributed by atoms with Crippen molar-refractivity contribution in [2.45, 2.75) is 37.8 Å². The van der Waals surface area contributed by atoms with Gasteiger partial charge in [0.15, 0.2) is 0 Å². The van der Waals surface area contributed by atoms with Gasteiger partial charge in [0.25, 0.3) is 0 Å². The summed E-state index contributed by atoms with van der Waals surface area (Å²) in [6.07, 6.45) is 2.88. The van der Waals surface area contributed by atoms with Crippen molar-refractivity contribution in [1.82, 2.24) is 14.5 Å². The monoisotopic (exact) mass is 486 g/mol. The molecule has 2 N–H and O–H groups in total. The predicted octanol–water partition coefficient (Wildman–Crippen LogP) is 3.11. The van der Waals surface area contributed by atoms with Crippen LogP contribution in [0.15, 0.2) is 48.5 Å². The topological polar surface area (TPSA) is 100 Å². The quantitative estimate of drug-likeness (QED) is 0.515. The van der Waals surface area contributed by atoms with Crippen molar-refractivity contribution in [2.24, 2.45) is 11.7 Å². The summed E-state index contributed by atoms with van der Waals surface area (Å²) in [6, 6.07) is 17.7. The molecule has 2 aliphatic rings. The van der Waals surface area contributed by atoms with Crippen LogP contribution in [0.3, 0.4) is 0 Å². The van der Waals surface area contributed by atoms with Crippen molar-refractivity contribution in [3.8, 4) is 6.07 Å². The summed E-state index contributed by atoms with van der Waals surface area (Å²) in [6.45, 7) is 4.16. The van der Waals surface area contributed by atoms with Gasteiger partial charge in [0, 0.05) is 64.1 Å². The van der Waals surface area contributed by atoms with E-state index in [0.717, 1.165) is 54.9 Å². The number of fused-ring (bicyclic) bond motifs is 1. The summed E-state index contributed by atoms with van der Waals surface area (Å²) in [5.41, 5.74) is 10.2. The first-order valence-electron chi connectivity index (χ1n) is 12.8. The highest BCUT2D eigenvalue weighted by Gasteiger charge is 2.39. The summed E-state index contributed by atoms with van der Waals surface area (Å²) in [5, 5.41) is 9.25. The van der Waals surface area contributed by atoms with Gasteiger partial charge in [-0.1, -0.05) is 18.2 Å². The second-order valence-corrected chi connectivity index (χ2v) is 9.92. The first-order valence-corrected chi connectivity index (χ1v) is 12.8. The summed E-state index contributed by atoms with van der Waals surface area (Å²) in [5.74, 6) is 1.14. The molecule has 1 unspecified atom stereocenters. The number of ether oxygens (including phenoxy) is 1. The summed E-state index contributed by atoms with van der Waals surface area (Å²) in [7, 11) is 1.73. The Morgan fingerprint density at radius 2 is 2.06 bits per heavy atom. The molecule has 2 aromatic carbocycles. The van der Waals surface area contributed by atoms with E-state index in [1.807, 2.05) is 29.2 Å². The normalized spacial score (nSPS) is 22.2. The highest BCUT2D eigenvalue weighted by Crippen LogP contribution is 2.32. The number of hydrogen-bond acceptors (Lipinski definition) is 6. The lowest BCUT2D eigenvalue weighted by Crippen LogP contribution is -2.47. The Bertz CT molecular complexity index is 1260. The molecule has 2 aliphatic heterocycles. The highest BCUT2D eigenvalue weighted by atomic mass is 16.5. The molecule has 2 saturated heterocycles. The molecule has 0 bridgehead atoms. The fourth-order valence-corrected chi connectivity index (χ4v) is 5.70. The Labute approximate surface area is 212 Å². The van der Waals surface area contributed by atoms with Gasteiger partial charge in [-0.25, -0.2) is 4.98 Å². The number of rotatable bonds is 7. The van der Waals surface area contributed by atoms with E-state index in [2.05, 4.69) is 33.7 Å². The standard InChI is InChI=1S/C28H34N6O2/c1-36-14-6-13-34-26-11-3-2-10-25(26)31-27(34)21-8-5-12-32(17-21)28(35)23-18-33(19-24(23)30)22-9-4-7-20(15-22)16-29/h2-4,7,9-11,15,21,23-24H,5-6,8,12-14,17-19,30H2,1H3/t21?,23-,24-/m1/s1. The molecule has 0 spiro atoms. The lowest BCUT2D eigenvalue weighted by atomic mass is 9.94. The van der Waals surface area contributed by atoms with Gasteiger partial charge in [-0.2, -0.15) is 5.26 Å². The molecule has 8 heteroatoms. The number of methoxy groups -OCH3 is 1. The molecule has 3 atom stereocenters. The lowest BCUT2D eigenvalue weighted by Gasteiger charge is -2.35. The number of nitrogens with zero attached hydrogens (tertiary/aromatic N) is 5. The minimum absolute atomic E-state index is 0.133.